The Balaban J connectivity index is 2.25. The van der Waals surface area contributed by atoms with Gasteiger partial charge in [-0.15, -0.1) is 0 Å². The van der Waals surface area contributed by atoms with Gasteiger partial charge in [0, 0.05) is 24.5 Å². The second kappa shape index (κ2) is 5.87. The highest BCUT2D eigenvalue weighted by atomic mass is 16.5. The van der Waals surface area contributed by atoms with Gasteiger partial charge in [-0.25, -0.2) is 0 Å². The van der Waals surface area contributed by atoms with E-state index in [9.17, 15) is 14.4 Å². The molecule has 1 aromatic heterocycles. The van der Waals surface area contributed by atoms with E-state index in [4.69, 9.17) is 9.84 Å². The standard InChI is InChI=1S/C13H16N2O5/c1-8-4-11(16)10(6-14-8)13(19)15-2-3-20-7-9(15)5-12(17)18/h4,6,9H,2-3,5,7H2,1H3,(H,14,16)(H,17,18). The number of morpholine rings is 1. The molecule has 1 atom stereocenters. The number of ether oxygens (including phenoxy) is 1. The van der Waals surface area contributed by atoms with E-state index in [2.05, 4.69) is 4.98 Å². The fraction of sp³-hybridized carbons (Fsp3) is 0.462. The van der Waals surface area contributed by atoms with Crippen molar-refractivity contribution in [3.8, 4) is 0 Å². The summed E-state index contributed by atoms with van der Waals surface area (Å²) in [6.07, 6.45) is 1.17. The highest BCUT2D eigenvalue weighted by molar-refractivity contribution is 5.94. The molecule has 1 amide bonds. The number of aromatic nitrogens is 1. The van der Waals surface area contributed by atoms with E-state index in [-0.39, 0.29) is 30.6 Å². The lowest BCUT2D eigenvalue weighted by Crippen LogP contribution is -2.50. The Morgan fingerprint density at radius 3 is 2.95 bits per heavy atom. The summed E-state index contributed by atoms with van der Waals surface area (Å²) < 4.78 is 5.21. The molecule has 2 rings (SSSR count). The van der Waals surface area contributed by atoms with Crippen molar-refractivity contribution in [2.24, 2.45) is 0 Å². The van der Waals surface area contributed by atoms with Crippen molar-refractivity contribution in [1.29, 1.82) is 0 Å². The number of hydrogen-bond donors (Lipinski definition) is 2. The van der Waals surface area contributed by atoms with Crippen LogP contribution in [-0.4, -0.2) is 52.7 Å². The molecule has 2 N–H and O–H groups in total. The first-order valence-electron chi connectivity index (χ1n) is 6.29. The molecule has 1 aliphatic heterocycles. The van der Waals surface area contributed by atoms with Gasteiger partial charge in [0.05, 0.1) is 25.7 Å². The Labute approximate surface area is 115 Å². The largest absolute Gasteiger partial charge is 0.481 e. The SMILES string of the molecule is Cc1cc(=O)c(C(=O)N2CCOCC2CC(=O)O)c[nH]1. The highest BCUT2D eigenvalue weighted by Crippen LogP contribution is 2.13. The van der Waals surface area contributed by atoms with Gasteiger partial charge in [-0.2, -0.15) is 0 Å². The number of aliphatic carboxylic acids is 1. The molecule has 1 aromatic rings. The molecule has 1 fully saturated rings. The molecule has 1 unspecified atom stereocenters. The van der Waals surface area contributed by atoms with Crippen molar-refractivity contribution in [2.75, 3.05) is 19.8 Å². The van der Waals surface area contributed by atoms with Gasteiger partial charge >= 0.3 is 5.97 Å². The number of pyridine rings is 1. The van der Waals surface area contributed by atoms with E-state index in [0.29, 0.717) is 12.3 Å². The van der Waals surface area contributed by atoms with E-state index in [1.54, 1.807) is 6.92 Å². The maximum atomic E-state index is 12.4. The maximum absolute atomic E-state index is 12.4. The van der Waals surface area contributed by atoms with E-state index in [1.165, 1.54) is 17.2 Å². The predicted molar refractivity (Wildman–Crippen MR) is 69.7 cm³/mol. The fourth-order valence-corrected chi connectivity index (χ4v) is 2.19. The van der Waals surface area contributed by atoms with Crippen LogP contribution in [0, 0.1) is 6.92 Å². The number of carbonyl (C=O) groups is 2. The van der Waals surface area contributed by atoms with Crippen LogP contribution in [0.4, 0.5) is 0 Å². The molecule has 0 spiro atoms. The van der Waals surface area contributed by atoms with E-state index >= 15 is 0 Å². The number of aromatic amines is 1. The average molecular weight is 280 g/mol. The fourth-order valence-electron chi connectivity index (χ4n) is 2.19. The smallest absolute Gasteiger partial charge is 0.305 e. The number of amides is 1. The Morgan fingerprint density at radius 2 is 2.30 bits per heavy atom. The van der Waals surface area contributed by atoms with Crippen LogP contribution in [0.1, 0.15) is 22.5 Å². The van der Waals surface area contributed by atoms with Crippen LogP contribution in [0.15, 0.2) is 17.1 Å². The molecule has 7 nitrogen and oxygen atoms in total. The zero-order chi connectivity index (χ0) is 14.7. The zero-order valence-corrected chi connectivity index (χ0v) is 11.1. The molecule has 0 saturated carbocycles. The van der Waals surface area contributed by atoms with Crippen LogP contribution >= 0.6 is 0 Å². The summed E-state index contributed by atoms with van der Waals surface area (Å²) in [5.74, 6) is -1.46. The Bertz CT molecular complexity index is 580. The molecule has 2 heterocycles. The van der Waals surface area contributed by atoms with Crippen molar-refractivity contribution in [2.45, 2.75) is 19.4 Å². The number of aryl methyl sites for hydroxylation is 1. The predicted octanol–water partition coefficient (Wildman–Crippen LogP) is -0.000980. The molecule has 1 saturated heterocycles. The van der Waals surface area contributed by atoms with Crippen LogP contribution in [0.5, 0.6) is 0 Å². The van der Waals surface area contributed by atoms with E-state index in [0.717, 1.165) is 0 Å². The first-order valence-corrected chi connectivity index (χ1v) is 6.29. The van der Waals surface area contributed by atoms with Gasteiger partial charge in [0.15, 0.2) is 5.43 Å². The van der Waals surface area contributed by atoms with E-state index in [1.807, 2.05) is 0 Å². The van der Waals surface area contributed by atoms with Crippen molar-refractivity contribution < 1.29 is 19.4 Å². The number of carboxylic acids is 1. The first kappa shape index (κ1) is 14.3. The molecule has 1 aliphatic rings. The van der Waals surface area contributed by atoms with Gasteiger partial charge in [-0.3, -0.25) is 14.4 Å². The average Bonchev–Trinajstić information content (AvgIpc) is 2.38. The molecule has 108 valence electrons. The van der Waals surface area contributed by atoms with Crippen LogP contribution in [-0.2, 0) is 9.53 Å². The number of rotatable bonds is 3. The molecule has 7 heteroatoms. The highest BCUT2D eigenvalue weighted by Gasteiger charge is 2.30. The Kier molecular flexibility index (Phi) is 4.19. The lowest BCUT2D eigenvalue weighted by Gasteiger charge is -2.34. The second-order valence-electron chi connectivity index (χ2n) is 4.72. The van der Waals surface area contributed by atoms with Crippen molar-refractivity contribution in [1.82, 2.24) is 9.88 Å². The van der Waals surface area contributed by atoms with Crippen LogP contribution < -0.4 is 5.43 Å². The Morgan fingerprint density at radius 1 is 1.55 bits per heavy atom. The van der Waals surface area contributed by atoms with Crippen LogP contribution in [0.3, 0.4) is 0 Å². The quantitative estimate of drug-likeness (QED) is 0.811. The molecule has 20 heavy (non-hydrogen) atoms. The lowest BCUT2D eigenvalue weighted by atomic mass is 10.1. The van der Waals surface area contributed by atoms with Gasteiger partial charge in [-0.05, 0) is 6.92 Å². The molecule has 0 aromatic carbocycles. The van der Waals surface area contributed by atoms with Gasteiger partial charge in [0.1, 0.15) is 5.56 Å². The number of H-pyrrole nitrogens is 1. The van der Waals surface area contributed by atoms with Crippen LogP contribution in [0.2, 0.25) is 0 Å². The summed E-state index contributed by atoms with van der Waals surface area (Å²) in [4.78, 5) is 39.3. The number of nitrogens with one attached hydrogen (secondary N) is 1. The summed E-state index contributed by atoms with van der Waals surface area (Å²) in [5.41, 5.74) is 0.315. The minimum absolute atomic E-state index is 0.0212. The third-order valence-corrected chi connectivity index (χ3v) is 3.19. The number of carboxylic acid groups (broad SMARTS) is 1. The third kappa shape index (κ3) is 3.05. The number of hydrogen-bond acceptors (Lipinski definition) is 4. The molecular formula is C13H16N2O5. The van der Waals surface area contributed by atoms with Crippen LogP contribution in [0.25, 0.3) is 0 Å². The number of nitrogens with zero attached hydrogens (tertiary/aromatic N) is 1. The normalized spacial score (nSPS) is 18.9. The molecule has 0 aliphatic carbocycles. The van der Waals surface area contributed by atoms with Crippen molar-refractivity contribution in [3.63, 3.8) is 0 Å². The van der Waals surface area contributed by atoms with Crippen molar-refractivity contribution in [3.05, 3.63) is 33.7 Å². The summed E-state index contributed by atoms with van der Waals surface area (Å²) in [7, 11) is 0. The summed E-state index contributed by atoms with van der Waals surface area (Å²) in [5, 5.41) is 8.87. The second-order valence-corrected chi connectivity index (χ2v) is 4.72. The topological polar surface area (TPSA) is 99.7 Å². The zero-order valence-electron chi connectivity index (χ0n) is 11.1. The maximum Gasteiger partial charge on any atom is 0.305 e. The monoisotopic (exact) mass is 280 g/mol. The van der Waals surface area contributed by atoms with E-state index < -0.39 is 17.9 Å². The first-order chi connectivity index (χ1) is 9.49. The molecular weight excluding hydrogens is 264 g/mol. The minimum atomic E-state index is -1.00. The summed E-state index contributed by atoms with van der Waals surface area (Å²) in [6, 6.07) is 0.800. The van der Waals surface area contributed by atoms with Gasteiger partial charge in [-0.1, -0.05) is 0 Å². The third-order valence-electron chi connectivity index (χ3n) is 3.19. The van der Waals surface area contributed by atoms with Gasteiger partial charge in [0.2, 0.25) is 0 Å². The van der Waals surface area contributed by atoms with Gasteiger partial charge in [0.25, 0.3) is 5.91 Å². The Hall–Kier alpha value is -2.15. The van der Waals surface area contributed by atoms with Gasteiger partial charge < -0.3 is 19.7 Å². The number of carbonyl (C=O) groups excluding carboxylic acids is 1. The lowest BCUT2D eigenvalue weighted by molar-refractivity contribution is -0.139. The van der Waals surface area contributed by atoms with Crippen molar-refractivity contribution >= 4 is 11.9 Å². The minimum Gasteiger partial charge on any atom is -0.481 e. The molecule has 0 bridgehead atoms. The molecule has 0 radical (unpaired) electrons. The summed E-state index contributed by atoms with van der Waals surface area (Å²) in [6.45, 7) is 2.51. The summed E-state index contributed by atoms with van der Waals surface area (Å²) >= 11 is 0.